The third kappa shape index (κ3) is 6.48. The summed E-state index contributed by atoms with van der Waals surface area (Å²) in [5.74, 6) is -0.184. The van der Waals surface area contributed by atoms with Gasteiger partial charge >= 0.3 is 6.18 Å². The molecule has 2 aromatic carbocycles. The van der Waals surface area contributed by atoms with Crippen LogP contribution in [0.2, 0.25) is 0 Å². The van der Waals surface area contributed by atoms with E-state index < -0.39 is 23.8 Å². The van der Waals surface area contributed by atoms with Gasteiger partial charge in [0.25, 0.3) is 5.91 Å². The standard InChI is InChI=1S/C32H33F3N6O4/c1-19-27(23-8-10-25(45-4)11-9-23)38-30-26(18-37-41(30)29(19)32(33,34)35)31(44)40-14-12-39(13-15-40)28(20(2)42)24-7-5-6-22(16-24)17-36-21(3)43/h5-11,16,18,28,42H,2,12-15,17H2,1,3-4H3,(H,36,43)/t28-/m1/s1. The van der Waals surface area contributed by atoms with Gasteiger partial charge in [0, 0.05) is 50.8 Å². The molecule has 5 rings (SSSR count). The molecular weight excluding hydrogens is 589 g/mol. The first-order chi connectivity index (χ1) is 21.4. The van der Waals surface area contributed by atoms with Crippen LogP contribution in [0.5, 0.6) is 5.75 Å². The molecule has 0 unspecified atom stereocenters. The van der Waals surface area contributed by atoms with Crippen LogP contribution in [-0.4, -0.2) is 74.6 Å². The molecule has 1 saturated heterocycles. The number of aliphatic hydroxyl groups is 1. The third-order valence-corrected chi connectivity index (χ3v) is 7.84. The number of rotatable bonds is 8. The van der Waals surface area contributed by atoms with Gasteiger partial charge in [-0.25, -0.2) is 9.50 Å². The number of fused-ring (bicyclic) bond motifs is 1. The minimum Gasteiger partial charge on any atom is -0.511 e. The van der Waals surface area contributed by atoms with E-state index in [1.165, 1.54) is 21.0 Å². The monoisotopic (exact) mass is 622 g/mol. The molecule has 1 aliphatic rings. The van der Waals surface area contributed by atoms with Crippen molar-refractivity contribution in [3.8, 4) is 17.0 Å². The second-order valence-electron chi connectivity index (χ2n) is 10.8. The average molecular weight is 623 g/mol. The molecule has 0 bridgehead atoms. The van der Waals surface area contributed by atoms with Gasteiger partial charge in [0.05, 0.1) is 25.0 Å². The molecule has 4 aromatic rings. The lowest BCUT2D eigenvalue weighted by atomic mass is 10.00. The number of nitrogens with zero attached hydrogens (tertiary/aromatic N) is 5. The topological polar surface area (TPSA) is 112 Å². The molecule has 45 heavy (non-hydrogen) atoms. The van der Waals surface area contributed by atoms with Crippen LogP contribution in [0.1, 0.15) is 45.7 Å². The number of ether oxygens (including phenoxy) is 1. The fraction of sp³-hybridized carbons (Fsp3) is 0.312. The van der Waals surface area contributed by atoms with Crippen molar-refractivity contribution in [3.05, 3.63) is 95.0 Å². The van der Waals surface area contributed by atoms with Gasteiger partial charge in [0.1, 0.15) is 17.1 Å². The van der Waals surface area contributed by atoms with Gasteiger partial charge in [-0.2, -0.15) is 18.3 Å². The summed E-state index contributed by atoms with van der Waals surface area (Å²) in [6, 6.07) is 13.4. The Labute approximate surface area is 257 Å². The predicted molar refractivity (Wildman–Crippen MR) is 161 cm³/mol. The zero-order valence-corrected chi connectivity index (χ0v) is 25.1. The lowest BCUT2D eigenvalue weighted by Crippen LogP contribution is -2.50. The van der Waals surface area contributed by atoms with Crippen LogP contribution in [0.25, 0.3) is 16.9 Å². The maximum Gasteiger partial charge on any atom is 0.433 e. The molecule has 0 spiro atoms. The highest BCUT2D eigenvalue weighted by molar-refractivity contribution is 6.00. The SMILES string of the molecule is C=C(O)[C@H](c1cccc(CNC(C)=O)c1)N1CCN(C(=O)c2cnn3c(C(F)(F)F)c(C)c(-c4ccc(OC)cc4)nc23)CC1. The Morgan fingerprint density at radius 3 is 2.40 bits per heavy atom. The lowest BCUT2D eigenvalue weighted by Gasteiger charge is -2.39. The number of hydrogen-bond acceptors (Lipinski definition) is 7. The number of benzene rings is 2. The number of aliphatic hydroxyl groups excluding tert-OH is 1. The van der Waals surface area contributed by atoms with Crippen LogP contribution >= 0.6 is 0 Å². The summed E-state index contributed by atoms with van der Waals surface area (Å²) >= 11 is 0. The predicted octanol–water partition coefficient (Wildman–Crippen LogP) is 4.94. The fourth-order valence-corrected chi connectivity index (χ4v) is 5.65. The van der Waals surface area contributed by atoms with E-state index >= 15 is 0 Å². The first-order valence-electron chi connectivity index (χ1n) is 14.2. The molecule has 1 atom stereocenters. The summed E-state index contributed by atoms with van der Waals surface area (Å²) in [7, 11) is 1.49. The normalized spacial score (nSPS) is 14.8. The highest BCUT2D eigenvalue weighted by Gasteiger charge is 2.39. The van der Waals surface area contributed by atoms with Crippen molar-refractivity contribution >= 4 is 17.5 Å². The first-order valence-corrected chi connectivity index (χ1v) is 14.2. The Morgan fingerprint density at radius 2 is 1.80 bits per heavy atom. The van der Waals surface area contributed by atoms with Crippen molar-refractivity contribution < 1.29 is 32.6 Å². The maximum absolute atomic E-state index is 14.3. The Bertz CT molecular complexity index is 1740. The number of halogens is 3. The highest BCUT2D eigenvalue weighted by Crippen LogP contribution is 2.37. The molecule has 10 nitrogen and oxygen atoms in total. The van der Waals surface area contributed by atoms with Crippen molar-refractivity contribution in [1.82, 2.24) is 29.7 Å². The van der Waals surface area contributed by atoms with Crippen molar-refractivity contribution in [2.45, 2.75) is 32.6 Å². The Balaban J connectivity index is 1.41. The maximum atomic E-state index is 14.3. The van der Waals surface area contributed by atoms with E-state index in [1.807, 2.05) is 29.2 Å². The van der Waals surface area contributed by atoms with Crippen LogP contribution in [0.4, 0.5) is 13.2 Å². The van der Waals surface area contributed by atoms with E-state index in [0.29, 0.717) is 35.5 Å². The molecule has 0 radical (unpaired) electrons. The summed E-state index contributed by atoms with van der Waals surface area (Å²) in [6.07, 6.45) is -3.63. The number of carbonyl (C=O) groups excluding carboxylic acids is 2. The number of carbonyl (C=O) groups is 2. The molecule has 2 aromatic heterocycles. The van der Waals surface area contributed by atoms with Crippen molar-refractivity contribution in [1.29, 1.82) is 0 Å². The minimum absolute atomic E-state index is 0.0440. The average Bonchev–Trinajstić information content (AvgIpc) is 3.42. The largest absolute Gasteiger partial charge is 0.511 e. The fourth-order valence-electron chi connectivity index (χ4n) is 5.65. The van der Waals surface area contributed by atoms with Crippen molar-refractivity contribution in [3.63, 3.8) is 0 Å². The number of amides is 2. The van der Waals surface area contributed by atoms with Gasteiger partial charge < -0.3 is 20.1 Å². The zero-order chi connectivity index (χ0) is 32.5. The molecule has 0 saturated carbocycles. The van der Waals surface area contributed by atoms with E-state index in [1.54, 1.807) is 29.2 Å². The summed E-state index contributed by atoms with van der Waals surface area (Å²) in [6.45, 7) is 8.08. The number of hydrogen-bond donors (Lipinski definition) is 2. The van der Waals surface area contributed by atoms with Gasteiger partial charge in [-0.05, 0) is 42.3 Å². The second kappa shape index (κ2) is 12.6. The van der Waals surface area contributed by atoms with Gasteiger partial charge in [0.15, 0.2) is 11.3 Å². The lowest BCUT2D eigenvalue weighted by molar-refractivity contribution is -0.143. The Morgan fingerprint density at radius 1 is 1.11 bits per heavy atom. The molecule has 2 N–H and O–H groups in total. The van der Waals surface area contributed by atoms with Gasteiger partial charge in [0.2, 0.25) is 5.91 Å². The second-order valence-corrected chi connectivity index (χ2v) is 10.8. The van der Waals surface area contributed by atoms with Crippen LogP contribution < -0.4 is 10.1 Å². The summed E-state index contributed by atoms with van der Waals surface area (Å²) in [5.41, 5.74) is 0.789. The van der Waals surface area contributed by atoms with Crippen LogP contribution in [0.3, 0.4) is 0 Å². The van der Waals surface area contributed by atoms with Crippen LogP contribution in [-0.2, 0) is 17.5 Å². The van der Waals surface area contributed by atoms with Gasteiger partial charge in [-0.3, -0.25) is 14.5 Å². The summed E-state index contributed by atoms with van der Waals surface area (Å²) in [5, 5.41) is 17.2. The van der Waals surface area contributed by atoms with E-state index in [9.17, 15) is 27.9 Å². The van der Waals surface area contributed by atoms with E-state index in [-0.39, 0.29) is 47.2 Å². The van der Waals surface area contributed by atoms with Gasteiger partial charge in [-0.1, -0.05) is 30.8 Å². The van der Waals surface area contributed by atoms with E-state index in [0.717, 1.165) is 17.3 Å². The minimum atomic E-state index is -4.76. The Hall–Kier alpha value is -4.91. The van der Waals surface area contributed by atoms with Crippen LogP contribution in [0, 0.1) is 6.92 Å². The number of methoxy groups -OCH3 is 1. The molecule has 13 heteroatoms. The van der Waals surface area contributed by atoms with Crippen molar-refractivity contribution in [2.24, 2.45) is 0 Å². The first kappa shape index (κ1) is 31.5. The van der Waals surface area contributed by atoms with Crippen LogP contribution in [0.15, 0.2) is 67.1 Å². The molecule has 236 valence electrons. The number of nitrogens with one attached hydrogen (secondary N) is 1. The van der Waals surface area contributed by atoms with Crippen molar-refractivity contribution in [2.75, 3.05) is 33.3 Å². The molecular formula is C32H33F3N6O4. The van der Waals surface area contributed by atoms with E-state index in [2.05, 4.69) is 22.0 Å². The Kier molecular flexibility index (Phi) is 8.82. The van der Waals surface area contributed by atoms with Gasteiger partial charge in [-0.15, -0.1) is 0 Å². The molecule has 2 amide bonds. The third-order valence-electron chi connectivity index (χ3n) is 7.84. The quantitative estimate of drug-likeness (QED) is 0.268. The number of piperazine rings is 1. The molecule has 3 heterocycles. The number of aromatic nitrogens is 3. The number of alkyl halides is 3. The summed E-state index contributed by atoms with van der Waals surface area (Å²) < 4.78 is 48.8. The molecule has 0 aliphatic carbocycles. The smallest absolute Gasteiger partial charge is 0.433 e. The summed E-state index contributed by atoms with van der Waals surface area (Å²) in [4.78, 5) is 33.1. The van der Waals surface area contributed by atoms with E-state index in [4.69, 9.17) is 4.74 Å². The zero-order valence-electron chi connectivity index (χ0n) is 25.1. The molecule has 1 fully saturated rings. The molecule has 1 aliphatic heterocycles. The highest BCUT2D eigenvalue weighted by atomic mass is 19.4.